The molecule has 1 aliphatic heterocycles. The van der Waals surface area contributed by atoms with Gasteiger partial charge in [0.1, 0.15) is 0 Å². The molecule has 0 radical (unpaired) electrons. The van der Waals surface area contributed by atoms with Crippen molar-refractivity contribution in [2.24, 2.45) is 0 Å². The fourth-order valence-electron chi connectivity index (χ4n) is 3.07. The molecule has 0 bridgehead atoms. The predicted molar refractivity (Wildman–Crippen MR) is 118 cm³/mol. The van der Waals surface area contributed by atoms with Gasteiger partial charge in [-0.1, -0.05) is 47.5 Å². The van der Waals surface area contributed by atoms with Gasteiger partial charge in [-0.25, -0.2) is 0 Å². The van der Waals surface area contributed by atoms with Crippen molar-refractivity contribution < 1.29 is 9.59 Å². The molecule has 1 saturated heterocycles. The van der Waals surface area contributed by atoms with Gasteiger partial charge in [-0.05, 0) is 42.3 Å². The van der Waals surface area contributed by atoms with E-state index in [1.54, 1.807) is 29.2 Å². The van der Waals surface area contributed by atoms with E-state index in [1.165, 1.54) is 0 Å². The molecule has 3 rings (SSSR count). The lowest BCUT2D eigenvalue weighted by Crippen LogP contribution is -2.50. The zero-order valence-corrected chi connectivity index (χ0v) is 17.7. The fraction of sp³-hybridized carbons (Fsp3) is 0.273. The Labute approximate surface area is 180 Å². The van der Waals surface area contributed by atoms with Crippen LogP contribution in [0.5, 0.6) is 0 Å². The minimum absolute atomic E-state index is 0.0399. The number of amides is 2. The fourth-order valence-corrected chi connectivity index (χ4v) is 3.44. The third-order valence-electron chi connectivity index (χ3n) is 4.81. The molecule has 152 valence electrons. The average molecular weight is 432 g/mol. The topological polar surface area (TPSA) is 52.7 Å². The van der Waals surface area contributed by atoms with Crippen LogP contribution in [0, 0.1) is 6.92 Å². The van der Waals surface area contributed by atoms with Crippen LogP contribution in [0.3, 0.4) is 0 Å². The predicted octanol–water partition coefficient (Wildman–Crippen LogP) is 4.10. The zero-order chi connectivity index (χ0) is 20.8. The molecule has 0 unspecified atom stereocenters. The molecular formula is C22H23Cl2N3O2. The van der Waals surface area contributed by atoms with Gasteiger partial charge in [0.25, 0.3) is 0 Å². The van der Waals surface area contributed by atoms with Crippen molar-refractivity contribution in [2.75, 3.05) is 38.0 Å². The van der Waals surface area contributed by atoms with Gasteiger partial charge in [-0.15, -0.1) is 0 Å². The zero-order valence-electron chi connectivity index (χ0n) is 16.2. The highest BCUT2D eigenvalue weighted by atomic mass is 35.5. The van der Waals surface area contributed by atoms with Gasteiger partial charge in [0.2, 0.25) is 11.8 Å². The summed E-state index contributed by atoms with van der Waals surface area (Å²) in [6, 6.07) is 12.8. The number of anilines is 1. The van der Waals surface area contributed by atoms with E-state index in [1.807, 2.05) is 42.2 Å². The Kier molecular flexibility index (Phi) is 7.31. The first kappa shape index (κ1) is 21.4. The molecule has 1 aliphatic rings. The van der Waals surface area contributed by atoms with E-state index in [2.05, 4.69) is 5.32 Å². The second kappa shape index (κ2) is 9.92. The third kappa shape index (κ3) is 6.07. The lowest BCUT2D eigenvalue weighted by molar-refractivity contribution is -0.127. The standard InChI is InChI=1S/C22H23Cl2N3O2/c1-16-6-7-17(14-19(16)24)8-9-22(29)27-12-10-26(11-13-27)15-21(28)25-20-5-3-2-4-18(20)23/h2-9,14H,10-13,15H2,1H3,(H,25,28)/b9-8+. The van der Waals surface area contributed by atoms with Crippen LogP contribution in [0.2, 0.25) is 10.0 Å². The van der Waals surface area contributed by atoms with Gasteiger partial charge < -0.3 is 10.2 Å². The Bertz CT molecular complexity index is 922. The number of halogens is 2. The van der Waals surface area contributed by atoms with E-state index in [4.69, 9.17) is 23.2 Å². The summed E-state index contributed by atoms with van der Waals surface area (Å²) in [5.41, 5.74) is 2.50. The maximum Gasteiger partial charge on any atom is 0.246 e. The highest BCUT2D eigenvalue weighted by Crippen LogP contribution is 2.20. The van der Waals surface area contributed by atoms with E-state index in [-0.39, 0.29) is 18.4 Å². The van der Waals surface area contributed by atoms with Crippen LogP contribution < -0.4 is 5.32 Å². The number of rotatable bonds is 5. The van der Waals surface area contributed by atoms with E-state index < -0.39 is 0 Å². The van der Waals surface area contributed by atoms with E-state index in [9.17, 15) is 9.59 Å². The monoisotopic (exact) mass is 431 g/mol. The summed E-state index contributed by atoms with van der Waals surface area (Å²) in [5, 5.41) is 4.02. The summed E-state index contributed by atoms with van der Waals surface area (Å²) in [6.07, 6.45) is 3.35. The number of hydrogen-bond acceptors (Lipinski definition) is 3. The van der Waals surface area contributed by atoms with E-state index >= 15 is 0 Å². The molecule has 1 N–H and O–H groups in total. The molecule has 0 saturated carbocycles. The van der Waals surface area contributed by atoms with Crippen LogP contribution in [-0.2, 0) is 9.59 Å². The number of aryl methyl sites for hydroxylation is 1. The van der Waals surface area contributed by atoms with Crippen molar-refractivity contribution in [3.63, 3.8) is 0 Å². The molecule has 2 aromatic rings. The van der Waals surface area contributed by atoms with Crippen molar-refractivity contribution in [2.45, 2.75) is 6.92 Å². The number of hydrogen-bond donors (Lipinski definition) is 1. The molecule has 0 aromatic heterocycles. The molecule has 2 amide bonds. The van der Waals surface area contributed by atoms with Crippen LogP contribution >= 0.6 is 23.2 Å². The Morgan fingerprint density at radius 3 is 2.45 bits per heavy atom. The molecule has 5 nitrogen and oxygen atoms in total. The van der Waals surface area contributed by atoms with Crippen molar-refractivity contribution in [3.05, 3.63) is 69.7 Å². The molecule has 0 aliphatic carbocycles. The Morgan fingerprint density at radius 1 is 1.03 bits per heavy atom. The highest BCUT2D eigenvalue weighted by Gasteiger charge is 2.21. The quantitative estimate of drug-likeness (QED) is 0.724. The summed E-state index contributed by atoms with van der Waals surface area (Å²) >= 11 is 12.2. The molecule has 0 atom stereocenters. The second-order valence-electron chi connectivity index (χ2n) is 6.97. The molecule has 1 heterocycles. The minimum Gasteiger partial charge on any atom is -0.337 e. The van der Waals surface area contributed by atoms with Gasteiger partial charge in [0.05, 0.1) is 17.3 Å². The summed E-state index contributed by atoms with van der Waals surface area (Å²) in [7, 11) is 0. The highest BCUT2D eigenvalue weighted by molar-refractivity contribution is 6.33. The van der Waals surface area contributed by atoms with Crippen LogP contribution in [0.25, 0.3) is 6.08 Å². The first-order chi connectivity index (χ1) is 13.9. The summed E-state index contributed by atoms with van der Waals surface area (Å²) in [4.78, 5) is 28.5. The normalized spacial score (nSPS) is 14.9. The SMILES string of the molecule is Cc1ccc(/C=C/C(=O)N2CCN(CC(=O)Nc3ccccc3Cl)CC2)cc1Cl. The van der Waals surface area contributed by atoms with Crippen molar-refractivity contribution in [3.8, 4) is 0 Å². The number of benzene rings is 2. The smallest absolute Gasteiger partial charge is 0.246 e. The Balaban J connectivity index is 1.46. The second-order valence-corrected chi connectivity index (χ2v) is 7.79. The first-order valence-corrected chi connectivity index (χ1v) is 10.2. The van der Waals surface area contributed by atoms with Crippen LogP contribution in [0.15, 0.2) is 48.5 Å². The van der Waals surface area contributed by atoms with Crippen molar-refractivity contribution in [1.82, 2.24) is 9.80 Å². The maximum atomic E-state index is 12.4. The van der Waals surface area contributed by atoms with E-state index in [0.29, 0.717) is 41.9 Å². The number of para-hydroxylation sites is 1. The molecule has 7 heteroatoms. The molecular weight excluding hydrogens is 409 g/mol. The van der Waals surface area contributed by atoms with Crippen LogP contribution in [-0.4, -0.2) is 54.3 Å². The number of carbonyl (C=O) groups excluding carboxylic acids is 2. The maximum absolute atomic E-state index is 12.4. The number of nitrogens with zero attached hydrogens (tertiary/aromatic N) is 2. The van der Waals surface area contributed by atoms with Gasteiger partial charge in [-0.2, -0.15) is 0 Å². The summed E-state index contributed by atoms with van der Waals surface area (Å²) in [6.45, 7) is 4.66. The summed E-state index contributed by atoms with van der Waals surface area (Å²) in [5.74, 6) is -0.157. The van der Waals surface area contributed by atoms with Crippen LogP contribution in [0.4, 0.5) is 5.69 Å². The summed E-state index contributed by atoms with van der Waals surface area (Å²) < 4.78 is 0. The molecule has 1 fully saturated rings. The largest absolute Gasteiger partial charge is 0.337 e. The lowest BCUT2D eigenvalue weighted by atomic mass is 10.1. The molecule has 2 aromatic carbocycles. The van der Waals surface area contributed by atoms with E-state index in [0.717, 1.165) is 11.1 Å². The third-order valence-corrected chi connectivity index (χ3v) is 5.55. The number of carbonyl (C=O) groups is 2. The van der Waals surface area contributed by atoms with Gasteiger partial charge in [0, 0.05) is 37.3 Å². The first-order valence-electron chi connectivity index (χ1n) is 9.42. The number of nitrogens with one attached hydrogen (secondary N) is 1. The lowest BCUT2D eigenvalue weighted by Gasteiger charge is -2.33. The number of piperazine rings is 1. The van der Waals surface area contributed by atoms with Crippen molar-refractivity contribution in [1.29, 1.82) is 0 Å². The molecule has 29 heavy (non-hydrogen) atoms. The van der Waals surface area contributed by atoms with Crippen molar-refractivity contribution >= 4 is 46.8 Å². The molecule has 0 spiro atoms. The van der Waals surface area contributed by atoms with Gasteiger partial charge >= 0.3 is 0 Å². The minimum atomic E-state index is -0.117. The van der Waals surface area contributed by atoms with Gasteiger partial charge in [-0.3, -0.25) is 14.5 Å². The van der Waals surface area contributed by atoms with Crippen LogP contribution in [0.1, 0.15) is 11.1 Å². The average Bonchev–Trinajstić information content (AvgIpc) is 2.71. The van der Waals surface area contributed by atoms with Gasteiger partial charge in [0.15, 0.2) is 0 Å². The Morgan fingerprint density at radius 2 is 1.76 bits per heavy atom. The Hall–Kier alpha value is -2.34.